The van der Waals surface area contributed by atoms with E-state index in [1.165, 1.54) is 6.20 Å². The second-order valence-electron chi connectivity index (χ2n) is 4.08. The van der Waals surface area contributed by atoms with E-state index in [1.54, 1.807) is 19.1 Å². The van der Waals surface area contributed by atoms with Crippen LogP contribution in [0.25, 0.3) is 0 Å². The highest BCUT2D eigenvalue weighted by atomic mass is 35.5. The Morgan fingerprint density at radius 3 is 2.83 bits per heavy atom. The smallest absolute Gasteiger partial charge is 0.380 e. The second-order valence-corrected chi connectivity index (χ2v) is 4.46. The van der Waals surface area contributed by atoms with Crippen LogP contribution in [0.5, 0.6) is 0 Å². The highest BCUT2D eigenvalue weighted by Gasteiger charge is 2.52. The molecule has 2 heterocycles. The molecule has 1 aromatic rings. The van der Waals surface area contributed by atoms with Crippen molar-refractivity contribution in [2.75, 3.05) is 6.54 Å². The summed E-state index contributed by atoms with van der Waals surface area (Å²) in [6.07, 6.45) is 1.50. The van der Waals surface area contributed by atoms with Crippen LogP contribution < -0.4 is 11.1 Å². The predicted octanol–water partition coefficient (Wildman–Crippen LogP) is 0.729. The Balaban J connectivity index is 2.39. The lowest BCUT2D eigenvalue weighted by Crippen LogP contribution is -2.51. The van der Waals surface area contributed by atoms with Crippen molar-refractivity contribution in [3.63, 3.8) is 0 Å². The van der Waals surface area contributed by atoms with Crippen molar-refractivity contribution in [1.29, 1.82) is 0 Å². The number of aromatic nitrogens is 1. The zero-order valence-corrected chi connectivity index (χ0v) is 10.4. The molecule has 96 valence electrons. The lowest BCUT2D eigenvalue weighted by atomic mass is 9.96. The summed E-state index contributed by atoms with van der Waals surface area (Å²) < 4.78 is 0. The van der Waals surface area contributed by atoms with E-state index in [2.05, 4.69) is 15.3 Å². The third kappa shape index (κ3) is 2.02. The Bertz CT molecular complexity index is 503. The maximum atomic E-state index is 11.3. The van der Waals surface area contributed by atoms with E-state index in [1.807, 2.05) is 0 Å². The molecule has 0 fully saturated rings. The molecule has 18 heavy (non-hydrogen) atoms. The van der Waals surface area contributed by atoms with Crippen LogP contribution in [-0.2, 0) is 0 Å². The number of aliphatic imine (C=N–C) groups is 1. The zero-order valence-electron chi connectivity index (χ0n) is 9.63. The first-order chi connectivity index (χ1) is 8.45. The minimum absolute atomic E-state index is 0.201. The summed E-state index contributed by atoms with van der Waals surface area (Å²) in [6, 6.07) is 3.28. The molecule has 1 aliphatic heterocycles. The molecule has 3 N–H and O–H groups in total. The number of amidine groups is 1. The molecule has 0 bridgehead atoms. The number of halogens is 1. The SMILES string of the molecule is CC(c1ccc(Cl)nc1)C1([N+](=O)[O-])N=C(N)CN1. The van der Waals surface area contributed by atoms with Crippen LogP contribution in [0.3, 0.4) is 0 Å². The number of rotatable bonds is 3. The molecule has 0 amide bonds. The van der Waals surface area contributed by atoms with Gasteiger partial charge in [0.2, 0.25) is 0 Å². The van der Waals surface area contributed by atoms with Crippen molar-refractivity contribution in [3.8, 4) is 0 Å². The highest BCUT2D eigenvalue weighted by Crippen LogP contribution is 2.31. The molecule has 2 atom stereocenters. The predicted molar refractivity (Wildman–Crippen MR) is 67.0 cm³/mol. The van der Waals surface area contributed by atoms with Crippen LogP contribution in [-0.4, -0.2) is 28.1 Å². The van der Waals surface area contributed by atoms with Gasteiger partial charge in [0.1, 0.15) is 11.0 Å². The molecule has 7 nitrogen and oxygen atoms in total. The van der Waals surface area contributed by atoms with Gasteiger partial charge in [0.15, 0.2) is 0 Å². The van der Waals surface area contributed by atoms with Gasteiger partial charge in [-0.1, -0.05) is 17.7 Å². The molecule has 0 saturated carbocycles. The van der Waals surface area contributed by atoms with Crippen LogP contribution in [0.4, 0.5) is 0 Å². The molecule has 1 aliphatic rings. The van der Waals surface area contributed by atoms with Gasteiger partial charge in [0.05, 0.1) is 17.4 Å². The van der Waals surface area contributed by atoms with Crippen molar-refractivity contribution in [1.82, 2.24) is 10.3 Å². The first-order valence-electron chi connectivity index (χ1n) is 5.31. The molecule has 1 aromatic heterocycles. The van der Waals surface area contributed by atoms with Crippen molar-refractivity contribution in [2.24, 2.45) is 10.7 Å². The topological polar surface area (TPSA) is 106 Å². The fourth-order valence-corrected chi connectivity index (χ4v) is 2.02. The van der Waals surface area contributed by atoms with Gasteiger partial charge in [-0.05, 0) is 18.6 Å². The van der Waals surface area contributed by atoms with Crippen molar-refractivity contribution < 1.29 is 4.92 Å². The third-order valence-electron chi connectivity index (χ3n) is 2.98. The van der Waals surface area contributed by atoms with Crippen molar-refractivity contribution >= 4 is 17.4 Å². The van der Waals surface area contributed by atoms with Gasteiger partial charge in [-0.15, -0.1) is 0 Å². The van der Waals surface area contributed by atoms with E-state index in [-0.39, 0.29) is 12.4 Å². The largest absolute Gasteiger partial charge is 0.386 e. The lowest BCUT2D eigenvalue weighted by molar-refractivity contribution is -0.578. The lowest BCUT2D eigenvalue weighted by Gasteiger charge is -2.23. The van der Waals surface area contributed by atoms with Crippen LogP contribution >= 0.6 is 11.6 Å². The van der Waals surface area contributed by atoms with E-state index in [0.717, 1.165) is 0 Å². The number of nitrogens with one attached hydrogen (secondary N) is 1. The molecule has 8 heteroatoms. The number of nitrogens with zero attached hydrogens (tertiary/aromatic N) is 3. The average molecular weight is 270 g/mol. The fraction of sp³-hybridized carbons (Fsp3) is 0.400. The van der Waals surface area contributed by atoms with Gasteiger partial charge in [-0.2, -0.15) is 4.99 Å². The van der Waals surface area contributed by atoms with Crippen LogP contribution in [0.1, 0.15) is 18.4 Å². The summed E-state index contributed by atoms with van der Waals surface area (Å²) in [5, 5.41) is 14.4. The number of hydrogen-bond donors (Lipinski definition) is 2. The molecule has 0 radical (unpaired) electrons. The van der Waals surface area contributed by atoms with E-state index in [4.69, 9.17) is 17.3 Å². The summed E-state index contributed by atoms with van der Waals surface area (Å²) in [6.45, 7) is 1.90. The maximum absolute atomic E-state index is 11.3. The van der Waals surface area contributed by atoms with Crippen molar-refractivity contribution in [3.05, 3.63) is 39.2 Å². The Morgan fingerprint density at radius 2 is 2.39 bits per heavy atom. The van der Waals surface area contributed by atoms with E-state index in [9.17, 15) is 10.1 Å². The van der Waals surface area contributed by atoms with Gasteiger partial charge in [-0.25, -0.2) is 10.3 Å². The van der Waals surface area contributed by atoms with Crippen LogP contribution in [0.15, 0.2) is 23.3 Å². The van der Waals surface area contributed by atoms with E-state index >= 15 is 0 Å². The van der Waals surface area contributed by atoms with Crippen LogP contribution in [0, 0.1) is 10.1 Å². The fourth-order valence-electron chi connectivity index (χ4n) is 1.91. The number of nitrogens with two attached hydrogens (primary N) is 1. The Kier molecular flexibility index (Phi) is 3.18. The molecular formula is C10H12ClN5O2. The standard InChI is InChI=1S/C10H12ClN5O2/c1-6(7-2-3-8(11)13-4-7)10(16(17)18)14-5-9(12)15-10/h2-4,6,14H,5H2,1H3,(H2,12,15). The van der Waals surface area contributed by atoms with Gasteiger partial charge < -0.3 is 5.73 Å². The molecule has 2 unspecified atom stereocenters. The zero-order chi connectivity index (χ0) is 13.3. The molecule has 0 aliphatic carbocycles. The molecule has 0 spiro atoms. The number of nitro groups is 1. The van der Waals surface area contributed by atoms with Gasteiger partial charge in [0.25, 0.3) is 0 Å². The molecule has 0 saturated heterocycles. The first-order valence-corrected chi connectivity index (χ1v) is 5.68. The summed E-state index contributed by atoms with van der Waals surface area (Å²) in [4.78, 5) is 18.7. The number of hydrogen-bond acceptors (Lipinski definition) is 6. The summed E-state index contributed by atoms with van der Waals surface area (Å²) in [5.41, 5.74) is 6.20. The quantitative estimate of drug-likeness (QED) is 0.478. The van der Waals surface area contributed by atoms with Gasteiger partial charge in [0, 0.05) is 6.20 Å². The highest BCUT2D eigenvalue weighted by molar-refractivity contribution is 6.29. The Labute approximate surface area is 108 Å². The Hall–Kier alpha value is -1.73. The average Bonchev–Trinajstić information content (AvgIpc) is 2.73. The second kappa shape index (κ2) is 4.51. The number of pyridine rings is 1. The third-order valence-corrected chi connectivity index (χ3v) is 3.20. The summed E-state index contributed by atoms with van der Waals surface area (Å²) in [5.74, 6) is -1.92. The van der Waals surface area contributed by atoms with Crippen molar-refractivity contribution in [2.45, 2.75) is 18.6 Å². The maximum Gasteiger partial charge on any atom is 0.380 e. The van der Waals surface area contributed by atoms with Gasteiger partial charge >= 0.3 is 5.79 Å². The summed E-state index contributed by atoms with van der Waals surface area (Å²) in [7, 11) is 0. The summed E-state index contributed by atoms with van der Waals surface area (Å²) >= 11 is 5.69. The minimum atomic E-state index is -1.63. The molecule has 2 rings (SSSR count). The van der Waals surface area contributed by atoms with Gasteiger partial charge in [-0.3, -0.25) is 10.1 Å². The normalized spacial score (nSPS) is 24.7. The van der Waals surface area contributed by atoms with Crippen LogP contribution in [0.2, 0.25) is 5.15 Å². The minimum Gasteiger partial charge on any atom is -0.386 e. The first kappa shape index (κ1) is 12.7. The van der Waals surface area contributed by atoms with E-state index in [0.29, 0.717) is 10.7 Å². The molecular weight excluding hydrogens is 258 g/mol. The Morgan fingerprint density at radius 1 is 1.67 bits per heavy atom. The van der Waals surface area contributed by atoms with E-state index < -0.39 is 16.6 Å². The molecule has 0 aromatic carbocycles. The monoisotopic (exact) mass is 269 g/mol.